The summed E-state index contributed by atoms with van der Waals surface area (Å²) in [6.07, 6.45) is 3.02. The number of ether oxygens (including phenoxy) is 1. The third-order valence-corrected chi connectivity index (χ3v) is 5.54. The molecule has 4 rings (SSSR count). The lowest BCUT2D eigenvalue weighted by Gasteiger charge is -2.27. The van der Waals surface area contributed by atoms with Gasteiger partial charge in [0.2, 0.25) is 0 Å². The maximum Gasteiger partial charge on any atom is 0.188 e. The molecule has 5 heteroatoms. The van der Waals surface area contributed by atoms with Crippen LogP contribution in [0.25, 0.3) is 17.0 Å². The SMILES string of the molecule is Cc1c(C(=O)C=Cc2ccccc2F)c2ccccc2n1CCN1CCOCC1. The Hall–Kier alpha value is -2.76. The number of morpholine rings is 1. The molecule has 1 saturated heterocycles. The fraction of sp³-hybridized carbons (Fsp3) is 0.292. The summed E-state index contributed by atoms with van der Waals surface area (Å²) in [5, 5.41) is 0.940. The van der Waals surface area contributed by atoms with Crippen LogP contribution in [0.1, 0.15) is 21.6 Å². The van der Waals surface area contributed by atoms with E-state index in [1.807, 2.05) is 25.1 Å². The van der Waals surface area contributed by atoms with Crippen molar-refractivity contribution in [3.05, 3.63) is 77.2 Å². The second kappa shape index (κ2) is 8.72. The number of halogens is 1. The summed E-state index contributed by atoms with van der Waals surface area (Å²) in [5.41, 5.74) is 3.10. The molecule has 3 aromatic rings. The number of benzene rings is 2. The van der Waals surface area contributed by atoms with E-state index < -0.39 is 0 Å². The highest BCUT2D eigenvalue weighted by atomic mass is 19.1. The molecular weight excluding hydrogens is 367 g/mol. The van der Waals surface area contributed by atoms with Crippen molar-refractivity contribution < 1.29 is 13.9 Å². The highest BCUT2D eigenvalue weighted by Gasteiger charge is 2.19. The molecule has 0 unspecified atom stereocenters. The normalized spacial score (nSPS) is 15.4. The molecular formula is C24H25FN2O2. The topological polar surface area (TPSA) is 34.5 Å². The first-order valence-corrected chi connectivity index (χ1v) is 10.00. The lowest BCUT2D eigenvalue weighted by atomic mass is 10.1. The van der Waals surface area contributed by atoms with Crippen molar-refractivity contribution in [2.24, 2.45) is 0 Å². The Balaban J connectivity index is 1.63. The number of hydrogen-bond donors (Lipinski definition) is 0. The van der Waals surface area contributed by atoms with Gasteiger partial charge < -0.3 is 9.30 Å². The van der Waals surface area contributed by atoms with Crippen LogP contribution in [-0.2, 0) is 11.3 Å². The fourth-order valence-corrected chi connectivity index (χ4v) is 3.96. The number of aromatic nitrogens is 1. The van der Waals surface area contributed by atoms with E-state index in [1.165, 1.54) is 12.1 Å². The smallest absolute Gasteiger partial charge is 0.188 e. The Labute approximate surface area is 170 Å². The molecule has 2 heterocycles. The first-order valence-electron chi connectivity index (χ1n) is 10.00. The second-order valence-corrected chi connectivity index (χ2v) is 7.30. The number of rotatable bonds is 6. The molecule has 4 nitrogen and oxygen atoms in total. The minimum absolute atomic E-state index is 0.105. The van der Waals surface area contributed by atoms with Crippen molar-refractivity contribution in [1.29, 1.82) is 0 Å². The van der Waals surface area contributed by atoms with Crippen LogP contribution in [-0.4, -0.2) is 48.1 Å². The minimum atomic E-state index is -0.332. The number of hydrogen-bond acceptors (Lipinski definition) is 3. The molecule has 0 amide bonds. The molecule has 0 atom stereocenters. The molecule has 0 saturated carbocycles. The predicted molar refractivity (Wildman–Crippen MR) is 114 cm³/mol. The van der Waals surface area contributed by atoms with E-state index in [2.05, 4.69) is 15.5 Å². The summed E-state index contributed by atoms with van der Waals surface area (Å²) in [5.74, 6) is -0.437. The highest BCUT2D eigenvalue weighted by molar-refractivity contribution is 6.16. The van der Waals surface area contributed by atoms with Gasteiger partial charge in [-0.2, -0.15) is 0 Å². The van der Waals surface area contributed by atoms with Crippen LogP contribution in [0.5, 0.6) is 0 Å². The molecule has 0 bridgehead atoms. The van der Waals surface area contributed by atoms with E-state index in [4.69, 9.17) is 4.74 Å². The number of para-hydroxylation sites is 1. The molecule has 0 radical (unpaired) electrons. The zero-order valence-electron chi connectivity index (χ0n) is 16.6. The van der Waals surface area contributed by atoms with Crippen LogP contribution in [0, 0.1) is 12.7 Å². The maximum atomic E-state index is 13.9. The number of fused-ring (bicyclic) bond motifs is 1. The summed E-state index contributed by atoms with van der Waals surface area (Å²) in [6.45, 7) is 7.15. The Morgan fingerprint density at radius 1 is 1.07 bits per heavy atom. The molecule has 0 aliphatic carbocycles. The lowest BCUT2D eigenvalue weighted by Crippen LogP contribution is -2.38. The Morgan fingerprint density at radius 2 is 1.79 bits per heavy atom. The van der Waals surface area contributed by atoms with Crippen LogP contribution in [0.4, 0.5) is 4.39 Å². The Kier molecular flexibility index (Phi) is 5.88. The van der Waals surface area contributed by atoms with Crippen molar-refractivity contribution in [3.8, 4) is 0 Å². The largest absolute Gasteiger partial charge is 0.379 e. The summed E-state index contributed by atoms with van der Waals surface area (Å²) < 4.78 is 21.5. The summed E-state index contributed by atoms with van der Waals surface area (Å²) in [6, 6.07) is 14.4. The second-order valence-electron chi connectivity index (χ2n) is 7.30. The van der Waals surface area contributed by atoms with Gasteiger partial charge in [-0.15, -0.1) is 0 Å². The Bertz CT molecular complexity index is 1050. The van der Waals surface area contributed by atoms with Crippen molar-refractivity contribution in [3.63, 3.8) is 0 Å². The number of allylic oxidation sites excluding steroid dienone is 1. The van der Waals surface area contributed by atoms with E-state index >= 15 is 0 Å². The first kappa shape index (κ1) is 19.6. The number of ketones is 1. The van der Waals surface area contributed by atoms with Crippen molar-refractivity contribution in [2.45, 2.75) is 13.5 Å². The van der Waals surface area contributed by atoms with Crippen LogP contribution in [0.15, 0.2) is 54.6 Å². The van der Waals surface area contributed by atoms with Gasteiger partial charge in [-0.05, 0) is 31.2 Å². The molecule has 0 N–H and O–H groups in total. The maximum absolute atomic E-state index is 13.9. The average molecular weight is 392 g/mol. The van der Waals surface area contributed by atoms with Gasteiger partial charge in [0.15, 0.2) is 5.78 Å². The van der Waals surface area contributed by atoms with E-state index in [0.717, 1.165) is 56.0 Å². The molecule has 1 aromatic heterocycles. The third-order valence-electron chi connectivity index (χ3n) is 5.54. The van der Waals surface area contributed by atoms with Crippen LogP contribution < -0.4 is 0 Å². The van der Waals surface area contributed by atoms with Crippen LogP contribution >= 0.6 is 0 Å². The van der Waals surface area contributed by atoms with E-state index in [9.17, 15) is 9.18 Å². The molecule has 2 aromatic carbocycles. The highest BCUT2D eigenvalue weighted by Crippen LogP contribution is 2.27. The number of carbonyl (C=O) groups is 1. The third kappa shape index (κ3) is 4.16. The van der Waals surface area contributed by atoms with Crippen LogP contribution in [0.3, 0.4) is 0 Å². The van der Waals surface area contributed by atoms with Gasteiger partial charge in [0.05, 0.1) is 18.8 Å². The van der Waals surface area contributed by atoms with Gasteiger partial charge in [-0.3, -0.25) is 9.69 Å². The van der Waals surface area contributed by atoms with Crippen molar-refractivity contribution >= 4 is 22.8 Å². The van der Waals surface area contributed by atoms with Crippen LogP contribution in [0.2, 0.25) is 0 Å². The molecule has 1 fully saturated rings. The molecule has 150 valence electrons. The van der Waals surface area contributed by atoms with E-state index in [1.54, 1.807) is 24.3 Å². The minimum Gasteiger partial charge on any atom is -0.379 e. The lowest BCUT2D eigenvalue weighted by molar-refractivity contribution is 0.0365. The number of nitrogens with zero attached hydrogens (tertiary/aromatic N) is 2. The van der Waals surface area contributed by atoms with Gasteiger partial charge in [0.1, 0.15) is 5.82 Å². The Morgan fingerprint density at radius 3 is 2.59 bits per heavy atom. The predicted octanol–water partition coefficient (Wildman–Crippen LogP) is 4.32. The van der Waals surface area contributed by atoms with Gasteiger partial charge in [0.25, 0.3) is 0 Å². The molecule has 0 spiro atoms. The zero-order valence-corrected chi connectivity index (χ0v) is 16.6. The monoisotopic (exact) mass is 392 g/mol. The number of carbonyl (C=O) groups excluding carboxylic acids is 1. The summed E-state index contributed by atoms with van der Waals surface area (Å²) in [4.78, 5) is 15.4. The van der Waals surface area contributed by atoms with Crippen molar-refractivity contribution in [1.82, 2.24) is 9.47 Å². The first-order chi connectivity index (χ1) is 14.1. The summed E-state index contributed by atoms with van der Waals surface area (Å²) >= 11 is 0. The molecule has 29 heavy (non-hydrogen) atoms. The van der Waals surface area contributed by atoms with Crippen molar-refractivity contribution in [2.75, 3.05) is 32.8 Å². The van der Waals surface area contributed by atoms with E-state index in [0.29, 0.717) is 11.1 Å². The van der Waals surface area contributed by atoms with Gasteiger partial charge in [-0.25, -0.2) is 4.39 Å². The van der Waals surface area contributed by atoms with Gasteiger partial charge in [0, 0.05) is 48.3 Å². The molecule has 1 aliphatic heterocycles. The standard InChI is InChI=1S/C24H25FN2O2/c1-18-24(23(28)11-10-19-6-2-4-8-21(19)25)20-7-3-5-9-22(20)27(18)13-12-26-14-16-29-17-15-26/h2-11H,12-17H2,1H3. The molecule has 1 aliphatic rings. The van der Waals surface area contributed by atoms with Gasteiger partial charge in [-0.1, -0.05) is 36.4 Å². The quantitative estimate of drug-likeness (QED) is 0.463. The summed E-state index contributed by atoms with van der Waals surface area (Å²) in [7, 11) is 0. The van der Waals surface area contributed by atoms with E-state index in [-0.39, 0.29) is 11.6 Å². The zero-order chi connectivity index (χ0) is 20.2. The van der Waals surface area contributed by atoms with Gasteiger partial charge >= 0.3 is 0 Å². The average Bonchev–Trinajstić information content (AvgIpc) is 3.03. The fourth-order valence-electron chi connectivity index (χ4n) is 3.96.